The highest BCUT2D eigenvalue weighted by atomic mass is 32.1. The maximum absolute atomic E-state index is 5.62. The summed E-state index contributed by atoms with van der Waals surface area (Å²) < 4.78 is 0. The topological polar surface area (TPSA) is 55.0 Å². The molecule has 1 heterocycles. The van der Waals surface area contributed by atoms with Crippen LogP contribution in [0.15, 0.2) is 12.4 Å². The molecule has 16 heavy (non-hydrogen) atoms. The molecule has 1 unspecified atom stereocenters. The van der Waals surface area contributed by atoms with Gasteiger partial charge in [0.25, 0.3) is 0 Å². The molecule has 0 aromatic carbocycles. The van der Waals surface area contributed by atoms with Crippen LogP contribution in [0.5, 0.6) is 0 Å². The molecule has 0 aliphatic carbocycles. The smallest absolute Gasteiger partial charge is 0.150 e. The van der Waals surface area contributed by atoms with E-state index in [1.165, 1.54) is 0 Å². The summed E-state index contributed by atoms with van der Waals surface area (Å²) in [4.78, 5) is 11.3. The van der Waals surface area contributed by atoms with Crippen molar-refractivity contribution in [2.24, 2.45) is 11.7 Å². The number of rotatable bonds is 5. The molecule has 0 fully saturated rings. The Morgan fingerprint density at radius 3 is 2.62 bits per heavy atom. The molecule has 0 saturated carbocycles. The van der Waals surface area contributed by atoms with Crippen LogP contribution in [-0.2, 0) is 0 Å². The minimum Gasteiger partial charge on any atom is -0.393 e. The summed E-state index contributed by atoms with van der Waals surface area (Å²) in [6, 6.07) is 0. The van der Waals surface area contributed by atoms with E-state index in [0.717, 1.165) is 24.6 Å². The zero-order valence-electron chi connectivity index (χ0n) is 9.97. The average molecular weight is 238 g/mol. The summed E-state index contributed by atoms with van der Waals surface area (Å²) >= 11 is 4.98. The van der Waals surface area contributed by atoms with Crippen molar-refractivity contribution in [1.82, 2.24) is 9.97 Å². The Balaban J connectivity index is 2.83. The SMILES string of the molecule is CCN(CC(C)C(N)=S)c1nccnc1C. The largest absolute Gasteiger partial charge is 0.393 e. The number of nitrogens with two attached hydrogens (primary N) is 1. The molecule has 0 bridgehead atoms. The molecule has 1 aromatic rings. The van der Waals surface area contributed by atoms with Gasteiger partial charge in [-0.05, 0) is 13.8 Å². The van der Waals surface area contributed by atoms with Gasteiger partial charge in [0, 0.05) is 31.4 Å². The zero-order valence-corrected chi connectivity index (χ0v) is 10.8. The van der Waals surface area contributed by atoms with Gasteiger partial charge in [-0.1, -0.05) is 19.1 Å². The fraction of sp³-hybridized carbons (Fsp3) is 0.545. The fourth-order valence-electron chi connectivity index (χ4n) is 1.50. The van der Waals surface area contributed by atoms with Gasteiger partial charge in [0.1, 0.15) is 5.82 Å². The first-order valence-electron chi connectivity index (χ1n) is 5.38. The molecule has 2 N–H and O–H groups in total. The van der Waals surface area contributed by atoms with E-state index in [9.17, 15) is 0 Å². The van der Waals surface area contributed by atoms with Gasteiger partial charge in [-0.3, -0.25) is 4.98 Å². The standard InChI is InChI=1S/C11H18N4S/c1-4-15(7-8(2)10(12)16)11-9(3)13-5-6-14-11/h5-6,8H,4,7H2,1-3H3,(H2,12,16). The van der Waals surface area contributed by atoms with Crippen molar-refractivity contribution < 1.29 is 0 Å². The van der Waals surface area contributed by atoms with Crippen LogP contribution < -0.4 is 10.6 Å². The van der Waals surface area contributed by atoms with Crippen molar-refractivity contribution in [1.29, 1.82) is 0 Å². The number of hydrogen-bond acceptors (Lipinski definition) is 4. The Bertz CT molecular complexity index is 367. The molecule has 1 rings (SSSR count). The van der Waals surface area contributed by atoms with Gasteiger partial charge in [0.05, 0.1) is 10.7 Å². The monoisotopic (exact) mass is 238 g/mol. The molecule has 0 spiro atoms. The number of aryl methyl sites for hydroxylation is 1. The van der Waals surface area contributed by atoms with Crippen LogP contribution in [0.1, 0.15) is 19.5 Å². The van der Waals surface area contributed by atoms with Gasteiger partial charge < -0.3 is 10.6 Å². The lowest BCUT2D eigenvalue weighted by atomic mass is 10.1. The predicted molar refractivity (Wildman–Crippen MR) is 70.6 cm³/mol. The lowest BCUT2D eigenvalue weighted by molar-refractivity contribution is 0.695. The van der Waals surface area contributed by atoms with E-state index in [-0.39, 0.29) is 5.92 Å². The lowest BCUT2D eigenvalue weighted by Crippen LogP contribution is -2.34. The van der Waals surface area contributed by atoms with Crippen LogP contribution in [0.4, 0.5) is 5.82 Å². The number of hydrogen-bond donors (Lipinski definition) is 1. The predicted octanol–water partition coefficient (Wildman–Crippen LogP) is 1.53. The van der Waals surface area contributed by atoms with E-state index in [2.05, 4.69) is 21.8 Å². The minimum absolute atomic E-state index is 0.177. The summed E-state index contributed by atoms with van der Waals surface area (Å²) in [5.74, 6) is 1.09. The maximum Gasteiger partial charge on any atom is 0.150 e. The van der Waals surface area contributed by atoms with Gasteiger partial charge in [-0.2, -0.15) is 0 Å². The highest BCUT2D eigenvalue weighted by Crippen LogP contribution is 2.15. The zero-order chi connectivity index (χ0) is 12.1. The van der Waals surface area contributed by atoms with E-state index in [1.807, 2.05) is 13.8 Å². The second kappa shape index (κ2) is 5.75. The molecule has 88 valence electrons. The van der Waals surface area contributed by atoms with E-state index >= 15 is 0 Å². The number of aromatic nitrogens is 2. The van der Waals surface area contributed by atoms with Gasteiger partial charge in [0.2, 0.25) is 0 Å². The Kier molecular flexibility index (Phi) is 4.61. The van der Waals surface area contributed by atoms with Crippen LogP contribution in [0, 0.1) is 12.8 Å². The van der Waals surface area contributed by atoms with Gasteiger partial charge >= 0.3 is 0 Å². The molecule has 0 radical (unpaired) electrons. The molecular formula is C11H18N4S. The molecule has 1 aromatic heterocycles. The highest BCUT2D eigenvalue weighted by molar-refractivity contribution is 7.80. The quantitative estimate of drug-likeness (QED) is 0.788. The Morgan fingerprint density at radius 1 is 1.50 bits per heavy atom. The van der Waals surface area contributed by atoms with Crippen molar-refractivity contribution in [2.75, 3.05) is 18.0 Å². The number of thiocarbonyl (C=S) groups is 1. The third kappa shape index (κ3) is 3.13. The van der Waals surface area contributed by atoms with Crippen molar-refractivity contribution in [2.45, 2.75) is 20.8 Å². The highest BCUT2D eigenvalue weighted by Gasteiger charge is 2.14. The van der Waals surface area contributed by atoms with Crippen LogP contribution in [0.25, 0.3) is 0 Å². The normalized spacial score (nSPS) is 12.2. The second-order valence-electron chi connectivity index (χ2n) is 3.81. The third-order valence-corrected chi connectivity index (χ3v) is 2.92. The lowest BCUT2D eigenvalue weighted by Gasteiger charge is -2.25. The van der Waals surface area contributed by atoms with Crippen LogP contribution in [-0.4, -0.2) is 28.0 Å². The molecule has 5 heteroatoms. The van der Waals surface area contributed by atoms with Gasteiger partial charge in [-0.25, -0.2) is 4.98 Å². The maximum atomic E-state index is 5.62. The summed E-state index contributed by atoms with van der Waals surface area (Å²) in [5.41, 5.74) is 6.55. The fourth-order valence-corrected chi connectivity index (χ4v) is 1.57. The van der Waals surface area contributed by atoms with E-state index in [4.69, 9.17) is 18.0 Å². The first-order valence-corrected chi connectivity index (χ1v) is 5.79. The average Bonchev–Trinajstić information content (AvgIpc) is 2.26. The van der Waals surface area contributed by atoms with Crippen molar-refractivity contribution in [3.8, 4) is 0 Å². The van der Waals surface area contributed by atoms with Crippen LogP contribution in [0.2, 0.25) is 0 Å². The number of nitrogens with zero attached hydrogens (tertiary/aromatic N) is 3. The number of anilines is 1. The van der Waals surface area contributed by atoms with E-state index in [0.29, 0.717) is 4.99 Å². The molecule has 1 atom stereocenters. The Labute approximate surface area is 102 Å². The van der Waals surface area contributed by atoms with Crippen LogP contribution >= 0.6 is 12.2 Å². The summed E-state index contributed by atoms with van der Waals surface area (Å²) in [6.07, 6.45) is 3.40. The summed E-state index contributed by atoms with van der Waals surface area (Å²) in [5, 5.41) is 0. The minimum atomic E-state index is 0.177. The van der Waals surface area contributed by atoms with E-state index < -0.39 is 0 Å². The van der Waals surface area contributed by atoms with Crippen LogP contribution in [0.3, 0.4) is 0 Å². The van der Waals surface area contributed by atoms with E-state index in [1.54, 1.807) is 12.4 Å². The van der Waals surface area contributed by atoms with Crippen molar-refractivity contribution in [3.63, 3.8) is 0 Å². The molecule has 0 aliphatic heterocycles. The Morgan fingerprint density at radius 2 is 2.12 bits per heavy atom. The summed E-state index contributed by atoms with van der Waals surface area (Å²) in [6.45, 7) is 7.71. The molecule has 0 saturated heterocycles. The first kappa shape index (κ1) is 12.8. The Hall–Kier alpha value is -1.23. The van der Waals surface area contributed by atoms with Gasteiger partial charge in [-0.15, -0.1) is 0 Å². The van der Waals surface area contributed by atoms with Crippen molar-refractivity contribution in [3.05, 3.63) is 18.1 Å². The molecular weight excluding hydrogens is 220 g/mol. The summed E-state index contributed by atoms with van der Waals surface area (Å²) in [7, 11) is 0. The molecule has 0 aliphatic rings. The van der Waals surface area contributed by atoms with Gasteiger partial charge in [0.15, 0.2) is 0 Å². The molecule has 4 nitrogen and oxygen atoms in total. The van der Waals surface area contributed by atoms with Crippen molar-refractivity contribution >= 4 is 23.0 Å². The second-order valence-corrected chi connectivity index (χ2v) is 4.28. The third-order valence-electron chi connectivity index (χ3n) is 2.52. The molecule has 0 amide bonds. The first-order chi connectivity index (χ1) is 7.56.